The van der Waals surface area contributed by atoms with Crippen LogP contribution in [-0.4, -0.2) is 20.9 Å². The molecule has 1 amide bonds. The smallest absolute Gasteiger partial charge is 0.264 e. The van der Waals surface area contributed by atoms with E-state index in [1.54, 1.807) is 30.3 Å². The number of hydrogen-bond donors (Lipinski definition) is 1. The van der Waals surface area contributed by atoms with Crippen LogP contribution in [0.3, 0.4) is 0 Å². The first kappa shape index (κ1) is 20.4. The van der Waals surface area contributed by atoms with Crippen molar-refractivity contribution in [2.75, 3.05) is 10.8 Å². The molecule has 1 N–H and O–H groups in total. The predicted molar refractivity (Wildman–Crippen MR) is 118 cm³/mol. The monoisotopic (exact) mass is 440 g/mol. The van der Waals surface area contributed by atoms with E-state index >= 15 is 0 Å². The third-order valence-electron chi connectivity index (χ3n) is 5.12. The van der Waals surface area contributed by atoms with Gasteiger partial charge < -0.3 is 5.32 Å². The van der Waals surface area contributed by atoms with E-state index in [-0.39, 0.29) is 10.8 Å². The first-order chi connectivity index (χ1) is 14.4. The molecule has 1 heterocycles. The summed E-state index contributed by atoms with van der Waals surface area (Å²) in [7, 11) is -3.70. The third kappa shape index (κ3) is 4.20. The number of carbonyl (C=O) groups excluding carboxylic acids is 1. The SMILES string of the molecule is O=C(NCc1ccccc1)c1ccc2c(c1)CCCN2S(=O)(=O)c1ccc(Cl)cc1. The molecule has 0 bridgehead atoms. The van der Waals surface area contributed by atoms with Crippen LogP contribution in [0, 0.1) is 0 Å². The average Bonchev–Trinajstić information content (AvgIpc) is 2.77. The molecule has 154 valence electrons. The quantitative estimate of drug-likeness (QED) is 0.639. The van der Waals surface area contributed by atoms with Crippen molar-refractivity contribution in [3.8, 4) is 0 Å². The normalized spacial score (nSPS) is 13.6. The first-order valence-corrected chi connectivity index (χ1v) is 11.5. The van der Waals surface area contributed by atoms with Crippen LogP contribution in [0.4, 0.5) is 5.69 Å². The van der Waals surface area contributed by atoms with Crippen molar-refractivity contribution < 1.29 is 13.2 Å². The number of hydrogen-bond acceptors (Lipinski definition) is 3. The Morgan fingerprint density at radius 1 is 1.00 bits per heavy atom. The van der Waals surface area contributed by atoms with Gasteiger partial charge >= 0.3 is 0 Å². The molecule has 1 aliphatic heterocycles. The minimum absolute atomic E-state index is 0.181. The van der Waals surface area contributed by atoms with Gasteiger partial charge in [0.2, 0.25) is 0 Å². The van der Waals surface area contributed by atoms with Gasteiger partial charge in [-0.1, -0.05) is 41.9 Å². The Morgan fingerprint density at radius 3 is 2.47 bits per heavy atom. The lowest BCUT2D eigenvalue weighted by atomic mass is 10.0. The Kier molecular flexibility index (Phi) is 5.79. The number of nitrogens with one attached hydrogen (secondary N) is 1. The number of sulfonamides is 1. The number of benzene rings is 3. The maximum absolute atomic E-state index is 13.1. The van der Waals surface area contributed by atoms with Crippen LogP contribution < -0.4 is 9.62 Å². The highest BCUT2D eigenvalue weighted by Crippen LogP contribution is 2.33. The topological polar surface area (TPSA) is 66.5 Å². The van der Waals surface area contributed by atoms with Crippen molar-refractivity contribution in [1.82, 2.24) is 5.32 Å². The van der Waals surface area contributed by atoms with E-state index in [1.165, 1.54) is 16.4 Å². The lowest BCUT2D eigenvalue weighted by Crippen LogP contribution is -2.35. The molecule has 5 nitrogen and oxygen atoms in total. The van der Waals surface area contributed by atoms with Crippen molar-refractivity contribution in [2.24, 2.45) is 0 Å². The Labute approximate surface area is 181 Å². The van der Waals surface area contributed by atoms with Gasteiger partial charge in [-0.25, -0.2) is 8.42 Å². The predicted octanol–water partition coefficient (Wildman–Crippen LogP) is 4.41. The Balaban J connectivity index is 1.56. The third-order valence-corrected chi connectivity index (χ3v) is 7.19. The summed E-state index contributed by atoms with van der Waals surface area (Å²) in [6.45, 7) is 0.839. The molecule has 0 saturated carbocycles. The van der Waals surface area contributed by atoms with Crippen LogP contribution in [0.15, 0.2) is 77.7 Å². The molecule has 4 rings (SSSR count). The zero-order valence-electron chi connectivity index (χ0n) is 16.2. The number of anilines is 1. The molecule has 0 unspecified atom stereocenters. The summed E-state index contributed by atoms with van der Waals surface area (Å²) in [6.07, 6.45) is 1.41. The molecule has 7 heteroatoms. The maximum atomic E-state index is 13.1. The average molecular weight is 441 g/mol. The number of halogens is 1. The number of fused-ring (bicyclic) bond motifs is 1. The fourth-order valence-electron chi connectivity index (χ4n) is 3.57. The van der Waals surface area contributed by atoms with Crippen LogP contribution in [0.25, 0.3) is 0 Å². The van der Waals surface area contributed by atoms with Gasteiger partial charge in [0.15, 0.2) is 0 Å². The highest BCUT2D eigenvalue weighted by Gasteiger charge is 2.29. The second-order valence-electron chi connectivity index (χ2n) is 7.15. The van der Waals surface area contributed by atoms with E-state index in [1.807, 2.05) is 30.3 Å². The lowest BCUT2D eigenvalue weighted by Gasteiger charge is -2.30. The van der Waals surface area contributed by atoms with Gasteiger partial charge in [-0.2, -0.15) is 0 Å². The molecule has 0 saturated heterocycles. The molecule has 0 aromatic heterocycles. The molecule has 0 atom stereocenters. The van der Waals surface area contributed by atoms with Gasteiger partial charge in [-0.15, -0.1) is 0 Å². The zero-order valence-corrected chi connectivity index (χ0v) is 17.8. The van der Waals surface area contributed by atoms with E-state index in [9.17, 15) is 13.2 Å². The minimum Gasteiger partial charge on any atom is -0.348 e. The van der Waals surface area contributed by atoms with Crippen LogP contribution >= 0.6 is 11.6 Å². The largest absolute Gasteiger partial charge is 0.348 e. The Hall–Kier alpha value is -2.83. The number of amides is 1. The summed E-state index contributed by atoms with van der Waals surface area (Å²) < 4.78 is 27.7. The molecule has 1 aliphatic rings. The summed E-state index contributed by atoms with van der Waals surface area (Å²) in [4.78, 5) is 12.8. The molecule has 0 radical (unpaired) electrons. The molecule has 0 spiro atoms. The molecular formula is C23H21ClN2O3S. The summed E-state index contributed by atoms with van der Waals surface area (Å²) in [5.74, 6) is -0.181. The van der Waals surface area contributed by atoms with Gasteiger partial charge in [0.1, 0.15) is 0 Å². The van der Waals surface area contributed by atoms with Crippen LogP contribution in [0.1, 0.15) is 27.9 Å². The zero-order chi connectivity index (χ0) is 21.1. The minimum atomic E-state index is -3.70. The molecule has 3 aromatic carbocycles. The molecule has 3 aromatic rings. The van der Waals surface area contributed by atoms with Gasteiger partial charge in [-0.05, 0) is 66.4 Å². The van der Waals surface area contributed by atoms with Crippen LogP contribution in [0.2, 0.25) is 5.02 Å². The molecule has 0 fully saturated rings. The Morgan fingerprint density at radius 2 is 1.73 bits per heavy atom. The van der Waals surface area contributed by atoms with Gasteiger partial charge in [0.05, 0.1) is 10.6 Å². The highest BCUT2D eigenvalue weighted by molar-refractivity contribution is 7.92. The lowest BCUT2D eigenvalue weighted by molar-refractivity contribution is 0.0951. The van der Waals surface area contributed by atoms with Crippen molar-refractivity contribution >= 4 is 33.2 Å². The first-order valence-electron chi connectivity index (χ1n) is 9.68. The van der Waals surface area contributed by atoms with Crippen LogP contribution in [0.5, 0.6) is 0 Å². The Bertz CT molecular complexity index is 1160. The van der Waals surface area contributed by atoms with Crippen LogP contribution in [-0.2, 0) is 23.0 Å². The van der Waals surface area contributed by atoms with Crippen molar-refractivity contribution in [3.63, 3.8) is 0 Å². The van der Waals surface area contributed by atoms with E-state index < -0.39 is 10.0 Å². The second kappa shape index (κ2) is 8.50. The highest BCUT2D eigenvalue weighted by atomic mass is 35.5. The number of nitrogens with zero attached hydrogens (tertiary/aromatic N) is 1. The summed E-state index contributed by atoms with van der Waals surface area (Å²) in [5, 5.41) is 3.40. The second-order valence-corrected chi connectivity index (χ2v) is 9.45. The fraction of sp³-hybridized carbons (Fsp3) is 0.174. The molecular weight excluding hydrogens is 420 g/mol. The van der Waals surface area contributed by atoms with E-state index in [4.69, 9.17) is 11.6 Å². The summed E-state index contributed by atoms with van der Waals surface area (Å²) in [5.41, 5.74) is 3.02. The molecule has 0 aliphatic carbocycles. The maximum Gasteiger partial charge on any atom is 0.264 e. The van der Waals surface area contributed by atoms with Gasteiger partial charge in [0, 0.05) is 23.7 Å². The molecule has 30 heavy (non-hydrogen) atoms. The number of rotatable bonds is 5. The van der Waals surface area contributed by atoms with Crippen molar-refractivity contribution in [1.29, 1.82) is 0 Å². The van der Waals surface area contributed by atoms with Gasteiger partial charge in [0.25, 0.3) is 15.9 Å². The standard InChI is InChI=1S/C23H21ClN2O3S/c24-20-9-11-21(12-10-20)30(28,29)26-14-4-7-18-15-19(8-13-22(18)26)23(27)25-16-17-5-2-1-3-6-17/h1-3,5-6,8-13,15H,4,7,14,16H2,(H,25,27). The fourth-order valence-corrected chi connectivity index (χ4v) is 5.23. The van der Waals surface area contributed by atoms with Crippen molar-refractivity contribution in [2.45, 2.75) is 24.3 Å². The van der Waals surface area contributed by atoms with E-state index in [0.29, 0.717) is 35.8 Å². The van der Waals surface area contributed by atoms with E-state index in [0.717, 1.165) is 17.5 Å². The summed E-state index contributed by atoms with van der Waals surface area (Å²) in [6, 6.07) is 21.0. The van der Waals surface area contributed by atoms with Crippen molar-refractivity contribution in [3.05, 3.63) is 94.5 Å². The number of carbonyl (C=O) groups is 1. The summed E-state index contributed by atoms with van der Waals surface area (Å²) >= 11 is 5.89. The van der Waals surface area contributed by atoms with Gasteiger partial charge in [-0.3, -0.25) is 9.10 Å². The number of aryl methyl sites for hydroxylation is 1. The van der Waals surface area contributed by atoms with E-state index in [2.05, 4.69) is 5.32 Å².